The molecule has 2 aliphatic rings. The molecule has 0 bridgehead atoms. The highest BCUT2D eigenvalue weighted by molar-refractivity contribution is 8.02. The van der Waals surface area contributed by atoms with E-state index in [-0.39, 0.29) is 11.6 Å². The quantitative estimate of drug-likeness (QED) is 0.851. The van der Waals surface area contributed by atoms with Crippen LogP contribution in [0.15, 0.2) is 48.3 Å². The largest absolute Gasteiger partial charge is 0.368 e. The van der Waals surface area contributed by atoms with E-state index in [1.54, 1.807) is 12.4 Å². The Morgan fingerprint density at radius 2 is 1.93 bits per heavy atom. The van der Waals surface area contributed by atoms with Gasteiger partial charge < -0.3 is 15.5 Å². The highest BCUT2D eigenvalue weighted by Gasteiger charge is 2.32. The summed E-state index contributed by atoms with van der Waals surface area (Å²) in [6.07, 6.45) is 6.35. The summed E-state index contributed by atoms with van der Waals surface area (Å²) in [5.74, 6) is -0.599. The molecule has 0 spiro atoms. The van der Waals surface area contributed by atoms with E-state index in [0.29, 0.717) is 5.92 Å². The summed E-state index contributed by atoms with van der Waals surface area (Å²) in [6.45, 7) is 3.84. The SMILES string of the molecule is C[C@@H]1C[C@H](N)CN(c2ccncc2N2C=CSC2c2c(F)cccc2F)C1. The molecule has 2 aromatic rings. The summed E-state index contributed by atoms with van der Waals surface area (Å²) >= 11 is 1.38. The summed E-state index contributed by atoms with van der Waals surface area (Å²) in [5.41, 5.74) is 8.10. The van der Waals surface area contributed by atoms with Crippen molar-refractivity contribution in [2.24, 2.45) is 11.7 Å². The maximum atomic E-state index is 14.4. The Morgan fingerprint density at radius 1 is 1.15 bits per heavy atom. The number of thioether (sulfide) groups is 1. The van der Waals surface area contributed by atoms with Gasteiger partial charge in [-0.1, -0.05) is 13.0 Å². The topological polar surface area (TPSA) is 45.4 Å². The summed E-state index contributed by atoms with van der Waals surface area (Å²) in [5, 5.41) is 1.35. The lowest BCUT2D eigenvalue weighted by molar-refractivity contribution is 0.401. The molecule has 1 saturated heterocycles. The molecule has 0 saturated carbocycles. The van der Waals surface area contributed by atoms with Gasteiger partial charge in [-0.05, 0) is 35.9 Å². The van der Waals surface area contributed by atoms with Crippen LogP contribution in [0.3, 0.4) is 0 Å². The van der Waals surface area contributed by atoms with Crippen molar-refractivity contribution >= 4 is 23.1 Å². The third-order valence-corrected chi connectivity index (χ3v) is 6.02. The zero-order chi connectivity index (χ0) is 19.0. The molecule has 4 nitrogen and oxygen atoms in total. The Labute approximate surface area is 162 Å². The van der Waals surface area contributed by atoms with E-state index in [2.05, 4.69) is 16.8 Å². The molecule has 1 aromatic heterocycles. The van der Waals surface area contributed by atoms with Crippen LogP contribution in [0.5, 0.6) is 0 Å². The van der Waals surface area contributed by atoms with Gasteiger partial charge in [-0.3, -0.25) is 4.98 Å². The average molecular weight is 388 g/mol. The second-order valence-electron chi connectivity index (χ2n) is 7.19. The van der Waals surface area contributed by atoms with Crippen LogP contribution < -0.4 is 15.5 Å². The van der Waals surface area contributed by atoms with Crippen LogP contribution in [-0.4, -0.2) is 24.1 Å². The summed E-state index contributed by atoms with van der Waals surface area (Å²) in [6, 6.07) is 6.04. The average Bonchev–Trinajstić information content (AvgIpc) is 3.10. The zero-order valence-corrected chi connectivity index (χ0v) is 15.9. The lowest BCUT2D eigenvalue weighted by Crippen LogP contribution is -2.46. The predicted octanol–water partition coefficient (Wildman–Crippen LogP) is 4.26. The molecule has 0 aliphatic carbocycles. The van der Waals surface area contributed by atoms with Crippen molar-refractivity contribution in [3.05, 3.63) is 65.5 Å². The van der Waals surface area contributed by atoms with Crippen molar-refractivity contribution < 1.29 is 8.78 Å². The van der Waals surface area contributed by atoms with Gasteiger partial charge in [0.15, 0.2) is 0 Å². The van der Waals surface area contributed by atoms with Crippen LogP contribution in [0.2, 0.25) is 0 Å². The van der Waals surface area contributed by atoms with Crippen LogP contribution in [0.4, 0.5) is 20.2 Å². The highest BCUT2D eigenvalue weighted by atomic mass is 32.2. The fourth-order valence-electron chi connectivity index (χ4n) is 3.92. The minimum Gasteiger partial charge on any atom is -0.368 e. The molecular weight excluding hydrogens is 366 g/mol. The molecule has 0 radical (unpaired) electrons. The molecule has 0 amide bonds. The van der Waals surface area contributed by atoms with Gasteiger partial charge in [0.2, 0.25) is 0 Å². The molecule has 3 heterocycles. The van der Waals surface area contributed by atoms with Crippen LogP contribution in [0.1, 0.15) is 24.3 Å². The van der Waals surface area contributed by atoms with Crippen LogP contribution in [-0.2, 0) is 0 Å². The zero-order valence-electron chi connectivity index (χ0n) is 15.1. The summed E-state index contributed by atoms with van der Waals surface area (Å²) in [7, 11) is 0. The Kier molecular flexibility index (Phi) is 5.06. The van der Waals surface area contributed by atoms with E-state index in [1.165, 1.54) is 30.0 Å². The monoisotopic (exact) mass is 388 g/mol. The highest BCUT2D eigenvalue weighted by Crippen LogP contribution is 2.46. The van der Waals surface area contributed by atoms with Crippen molar-refractivity contribution in [2.75, 3.05) is 22.9 Å². The summed E-state index contributed by atoms with van der Waals surface area (Å²) < 4.78 is 28.8. The number of nitrogens with two attached hydrogens (primary N) is 1. The van der Waals surface area contributed by atoms with Crippen LogP contribution in [0.25, 0.3) is 0 Å². The number of pyridine rings is 1. The normalized spacial score (nSPS) is 25.3. The Bertz CT molecular complexity index is 829. The molecule has 1 fully saturated rings. The van der Waals surface area contributed by atoms with E-state index in [4.69, 9.17) is 5.73 Å². The van der Waals surface area contributed by atoms with E-state index in [9.17, 15) is 8.78 Å². The fraction of sp³-hybridized carbons (Fsp3) is 0.350. The molecule has 1 unspecified atom stereocenters. The number of aromatic nitrogens is 1. The number of halogens is 2. The minimum absolute atomic E-state index is 0.0611. The molecule has 27 heavy (non-hydrogen) atoms. The van der Waals surface area contributed by atoms with Gasteiger partial charge in [0.05, 0.1) is 23.1 Å². The van der Waals surface area contributed by atoms with E-state index in [1.807, 2.05) is 22.6 Å². The fourth-order valence-corrected chi connectivity index (χ4v) is 4.95. The molecular formula is C20H22F2N4S. The predicted molar refractivity (Wildman–Crippen MR) is 107 cm³/mol. The smallest absolute Gasteiger partial charge is 0.132 e. The van der Waals surface area contributed by atoms with Crippen molar-refractivity contribution in [2.45, 2.75) is 24.8 Å². The van der Waals surface area contributed by atoms with Crippen molar-refractivity contribution in [1.82, 2.24) is 4.98 Å². The Balaban J connectivity index is 1.72. The van der Waals surface area contributed by atoms with Crippen molar-refractivity contribution in [3.8, 4) is 0 Å². The van der Waals surface area contributed by atoms with Gasteiger partial charge in [-0.15, -0.1) is 11.8 Å². The molecule has 2 aliphatic heterocycles. The first-order valence-corrected chi connectivity index (χ1v) is 9.98. The van der Waals surface area contributed by atoms with Crippen molar-refractivity contribution in [1.29, 1.82) is 0 Å². The van der Waals surface area contributed by atoms with E-state index in [0.717, 1.165) is 30.9 Å². The van der Waals surface area contributed by atoms with Crippen molar-refractivity contribution in [3.63, 3.8) is 0 Å². The van der Waals surface area contributed by atoms with Crippen LogP contribution in [0, 0.1) is 17.6 Å². The lowest BCUT2D eigenvalue weighted by atomic mass is 9.96. The van der Waals surface area contributed by atoms with Gasteiger partial charge in [-0.25, -0.2) is 8.78 Å². The number of anilines is 2. The van der Waals surface area contributed by atoms with Gasteiger partial charge in [0.1, 0.15) is 17.0 Å². The maximum Gasteiger partial charge on any atom is 0.132 e. The van der Waals surface area contributed by atoms with Gasteiger partial charge >= 0.3 is 0 Å². The van der Waals surface area contributed by atoms with Gasteiger partial charge in [-0.2, -0.15) is 0 Å². The third-order valence-electron chi connectivity index (χ3n) is 5.02. The first kappa shape index (κ1) is 18.3. The summed E-state index contributed by atoms with van der Waals surface area (Å²) in [4.78, 5) is 8.41. The van der Waals surface area contributed by atoms with Gasteiger partial charge in [0.25, 0.3) is 0 Å². The Hall–Kier alpha value is -2.12. The molecule has 7 heteroatoms. The lowest BCUT2D eigenvalue weighted by Gasteiger charge is -2.38. The number of rotatable bonds is 3. The van der Waals surface area contributed by atoms with E-state index < -0.39 is 17.0 Å². The third kappa shape index (κ3) is 3.53. The molecule has 142 valence electrons. The van der Waals surface area contributed by atoms with Crippen LogP contribution >= 0.6 is 11.8 Å². The first-order valence-electron chi connectivity index (χ1n) is 9.03. The second kappa shape index (κ2) is 7.48. The number of hydrogen-bond acceptors (Lipinski definition) is 5. The van der Waals surface area contributed by atoms with Gasteiger partial charge in [0, 0.05) is 31.5 Å². The molecule has 2 N–H and O–H groups in total. The number of piperidine rings is 1. The minimum atomic E-state index is -0.541. The number of hydrogen-bond donors (Lipinski definition) is 1. The number of benzene rings is 1. The first-order chi connectivity index (χ1) is 13.0. The molecule has 1 aromatic carbocycles. The number of nitrogens with zero attached hydrogens (tertiary/aromatic N) is 3. The standard InChI is InChI=1S/C20H22F2N4S/c1-13-9-14(23)12-25(11-13)17-5-6-24-10-18(17)26-7-8-27-20(26)19-15(21)3-2-4-16(19)22/h2-8,10,13-14,20H,9,11-12,23H2,1H3/t13-,14+,20?/m1/s1. The second-order valence-corrected chi connectivity index (χ2v) is 8.18. The van der Waals surface area contributed by atoms with E-state index >= 15 is 0 Å². The molecule has 4 rings (SSSR count). The molecule has 3 atom stereocenters. The Morgan fingerprint density at radius 3 is 2.67 bits per heavy atom. The maximum absolute atomic E-state index is 14.4.